The van der Waals surface area contributed by atoms with Crippen LogP contribution in [0.1, 0.15) is 38.4 Å². The zero-order valence-corrected chi connectivity index (χ0v) is 12.9. The fourth-order valence-electron chi connectivity index (χ4n) is 2.92. The Hall–Kier alpha value is -1.13. The third-order valence-corrected chi connectivity index (χ3v) is 4.01. The summed E-state index contributed by atoms with van der Waals surface area (Å²) >= 11 is 0. The molecule has 0 aliphatic carbocycles. The van der Waals surface area contributed by atoms with Gasteiger partial charge in [-0.2, -0.15) is 0 Å². The van der Waals surface area contributed by atoms with E-state index in [9.17, 15) is 0 Å². The first-order valence-electron chi connectivity index (χ1n) is 7.67. The number of piperidine rings is 1. The summed E-state index contributed by atoms with van der Waals surface area (Å²) in [6.45, 7) is 8.31. The highest BCUT2D eigenvalue weighted by Crippen LogP contribution is 2.23. The van der Waals surface area contributed by atoms with E-state index >= 15 is 0 Å². The number of aromatic nitrogens is 1. The fourth-order valence-corrected chi connectivity index (χ4v) is 2.92. The first-order chi connectivity index (χ1) is 9.74. The lowest BCUT2D eigenvalue weighted by Crippen LogP contribution is -2.37. The van der Waals surface area contributed by atoms with Crippen molar-refractivity contribution in [1.29, 1.82) is 0 Å². The lowest BCUT2D eigenvalue weighted by atomic mass is 9.98. The lowest BCUT2D eigenvalue weighted by molar-refractivity contribution is 0.143. The molecule has 2 unspecified atom stereocenters. The molecule has 1 aliphatic rings. The van der Waals surface area contributed by atoms with Crippen molar-refractivity contribution in [3.05, 3.63) is 24.0 Å². The molecule has 1 aromatic rings. The highest BCUT2D eigenvalue weighted by Gasteiger charge is 2.20. The number of methoxy groups -OCH3 is 1. The summed E-state index contributed by atoms with van der Waals surface area (Å²) in [5, 5.41) is 3.39. The summed E-state index contributed by atoms with van der Waals surface area (Å²) in [6, 6.07) is 4.66. The fraction of sp³-hybridized carbons (Fsp3) is 0.688. The third kappa shape index (κ3) is 3.93. The second kappa shape index (κ2) is 7.60. The van der Waals surface area contributed by atoms with Gasteiger partial charge in [-0.3, -0.25) is 4.98 Å². The predicted octanol–water partition coefficient (Wildman–Crippen LogP) is 2.61. The summed E-state index contributed by atoms with van der Waals surface area (Å²) in [6.07, 6.45) is 4.52. The molecule has 4 nitrogen and oxygen atoms in total. The van der Waals surface area contributed by atoms with Crippen LogP contribution >= 0.6 is 0 Å². The second-order valence-electron chi connectivity index (χ2n) is 5.63. The van der Waals surface area contributed by atoms with Crippen LogP contribution in [0.3, 0.4) is 0 Å². The van der Waals surface area contributed by atoms with Gasteiger partial charge in [-0.15, -0.1) is 0 Å². The average Bonchev–Trinajstić information content (AvgIpc) is 2.48. The van der Waals surface area contributed by atoms with Crippen molar-refractivity contribution in [3.8, 4) is 0 Å². The summed E-state index contributed by atoms with van der Waals surface area (Å²) in [7, 11) is 1.79. The quantitative estimate of drug-likeness (QED) is 0.867. The molecule has 4 heteroatoms. The van der Waals surface area contributed by atoms with Gasteiger partial charge in [0.15, 0.2) is 0 Å². The number of nitrogens with zero attached hydrogens (tertiary/aromatic N) is 2. The lowest BCUT2D eigenvalue weighted by Gasteiger charge is -2.34. The number of ether oxygens (including phenoxy) is 1. The summed E-state index contributed by atoms with van der Waals surface area (Å²) < 4.78 is 5.29. The largest absolute Gasteiger partial charge is 0.384 e. The molecule has 112 valence electrons. The van der Waals surface area contributed by atoms with Crippen LogP contribution < -0.4 is 10.2 Å². The zero-order chi connectivity index (χ0) is 14.4. The van der Waals surface area contributed by atoms with E-state index in [0.29, 0.717) is 12.0 Å². The molecule has 0 saturated carbocycles. The second-order valence-corrected chi connectivity index (χ2v) is 5.63. The summed E-state index contributed by atoms with van der Waals surface area (Å²) in [5.41, 5.74) is 2.35. The van der Waals surface area contributed by atoms with Crippen molar-refractivity contribution in [2.75, 3.05) is 38.3 Å². The Balaban J connectivity index is 1.98. The maximum atomic E-state index is 5.29. The van der Waals surface area contributed by atoms with Gasteiger partial charge in [0.1, 0.15) is 0 Å². The average molecular weight is 277 g/mol. The van der Waals surface area contributed by atoms with Crippen molar-refractivity contribution in [2.24, 2.45) is 5.92 Å². The Kier molecular flexibility index (Phi) is 5.80. The minimum atomic E-state index is 0.316. The molecule has 0 aromatic carbocycles. The van der Waals surface area contributed by atoms with E-state index in [0.717, 1.165) is 31.9 Å². The minimum absolute atomic E-state index is 0.316. The van der Waals surface area contributed by atoms with E-state index in [4.69, 9.17) is 4.74 Å². The number of nitrogens with one attached hydrogen (secondary N) is 1. The van der Waals surface area contributed by atoms with E-state index in [-0.39, 0.29) is 0 Å². The molecule has 0 amide bonds. The van der Waals surface area contributed by atoms with Crippen LogP contribution in [0.25, 0.3) is 0 Å². The molecule has 20 heavy (non-hydrogen) atoms. The molecule has 0 bridgehead atoms. The number of pyridine rings is 1. The van der Waals surface area contributed by atoms with Gasteiger partial charge in [0.05, 0.1) is 24.2 Å². The monoisotopic (exact) mass is 277 g/mol. The van der Waals surface area contributed by atoms with Gasteiger partial charge >= 0.3 is 0 Å². The number of rotatable bonds is 6. The number of hydrogen-bond acceptors (Lipinski definition) is 4. The molecule has 1 N–H and O–H groups in total. The van der Waals surface area contributed by atoms with E-state index < -0.39 is 0 Å². The van der Waals surface area contributed by atoms with E-state index in [1.54, 1.807) is 7.11 Å². The van der Waals surface area contributed by atoms with Crippen LogP contribution in [0.4, 0.5) is 5.69 Å². The van der Waals surface area contributed by atoms with Gasteiger partial charge in [-0.1, -0.05) is 6.92 Å². The van der Waals surface area contributed by atoms with Crippen molar-refractivity contribution < 1.29 is 4.74 Å². The smallest absolute Gasteiger partial charge is 0.0572 e. The van der Waals surface area contributed by atoms with Gasteiger partial charge in [0.2, 0.25) is 0 Å². The van der Waals surface area contributed by atoms with Gasteiger partial charge in [-0.25, -0.2) is 0 Å². The van der Waals surface area contributed by atoms with Crippen molar-refractivity contribution in [2.45, 2.75) is 32.7 Å². The molecule has 2 atom stereocenters. The maximum Gasteiger partial charge on any atom is 0.0572 e. The molecule has 0 spiro atoms. The molecule has 1 fully saturated rings. The molecule has 2 heterocycles. The molecule has 1 aliphatic heterocycles. The molecule has 1 saturated heterocycles. The highest BCUT2D eigenvalue weighted by molar-refractivity contribution is 5.45. The van der Waals surface area contributed by atoms with Gasteiger partial charge in [-0.05, 0) is 44.4 Å². The maximum absolute atomic E-state index is 5.29. The van der Waals surface area contributed by atoms with Crippen LogP contribution in [0.2, 0.25) is 0 Å². The summed E-state index contributed by atoms with van der Waals surface area (Å²) in [5.74, 6) is 0.647. The van der Waals surface area contributed by atoms with E-state index in [1.165, 1.54) is 18.5 Å². The van der Waals surface area contributed by atoms with Crippen LogP contribution in [0.5, 0.6) is 0 Å². The summed E-state index contributed by atoms with van der Waals surface area (Å²) in [4.78, 5) is 7.04. The molecule has 0 radical (unpaired) electrons. The number of anilines is 1. The number of hydrogen-bond donors (Lipinski definition) is 1. The molecular formula is C16H27N3O. The van der Waals surface area contributed by atoms with Gasteiger partial charge < -0.3 is 15.0 Å². The Labute approximate surface area is 122 Å². The van der Waals surface area contributed by atoms with Crippen LogP contribution in [0.15, 0.2) is 18.3 Å². The standard InChI is InChI=1S/C16H27N3O/c1-4-17-13(2)16-8-7-15(10-18-16)19-9-5-6-14(11-19)12-20-3/h7-8,10,13-14,17H,4-6,9,11-12H2,1-3H3. The van der Waals surface area contributed by atoms with Crippen LogP contribution in [0, 0.1) is 5.92 Å². The first-order valence-corrected chi connectivity index (χ1v) is 7.67. The van der Waals surface area contributed by atoms with E-state index in [2.05, 4.69) is 41.2 Å². The SMILES string of the molecule is CCNC(C)c1ccc(N2CCCC(COC)C2)cn1. The van der Waals surface area contributed by atoms with Crippen molar-refractivity contribution in [3.63, 3.8) is 0 Å². The van der Waals surface area contributed by atoms with Crippen LogP contribution in [-0.2, 0) is 4.74 Å². The Morgan fingerprint density at radius 1 is 1.50 bits per heavy atom. The van der Waals surface area contributed by atoms with Crippen molar-refractivity contribution >= 4 is 5.69 Å². The topological polar surface area (TPSA) is 37.4 Å². The molecule has 1 aromatic heterocycles. The normalized spacial score (nSPS) is 20.9. The van der Waals surface area contributed by atoms with Gasteiger partial charge in [0, 0.05) is 26.2 Å². The minimum Gasteiger partial charge on any atom is -0.384 e. The van der Waals surface area contributed by atoms with Crippen molar-refractivity contribution in [1.82, 2.24) is 10.3 Å². The predicted molar refractivity (Wildman–Crippen MR) is 83.1 cm³/mol. The van der Waals surface area contributed by atoms with Gasteiger partial charge in [0.25, 0.3) is 0 Å². The first kappa shape index (κ1) is 15.3. The molecular weight excluding hydrogens is 250 g/mol. The Morgan fingerprint density at radius 2 is 2.35 bits per heavy atom. The van der Waals surface area contributed by atoms with E-state index in [1.807, 2.05) is 6.20 Å². The third-order valence-electron chi connectivity index (χ3n) is 4.01. The zero-order valence-electron chi connectivity index (χ0n) is 12.9. The Morgan fingerprint density at radius 3 is 3.00 bits per heavy atom. The molecule has 2 rings (SSSR count). The van der Waals surface area contributed by atoms with Crippen LogP contribution in [-0.4, -0.2) is 38.3 Å². The Bertz CT molecular complexity index is 391. The highest BCUT2D eigenvalue weighted by atomic mass is 16.5.